The van der Waals surface area contributed by atoms with Gasteiger partial charge in [-0.25, -0.2) is 0 Å². The molecular formula is C13H20Cl2N2O. The number of benzene rings is 1. The number of carbonyl (C=O) groups is 1. The molecule has 0 aliphatic carbocycles. The van der Waals surface area contributed by atoms with Gasteiger partial charge in [0.05, 0.1) is 6.54 Å². The van der Waals surface area contributed by atoms with Crippen LogP contribution in [-0.4, -0.2) is 19.0 Å². The van der Waals surface area contributed by atoms with Crippen molar-refractivity contribution >= 4 is 35.6 Å². The van der Waals surface area contributed by atoms with E-state index in [-0.39, 0.29) is 18.3 Å². The minimum atomic E-state index is -0.0407. The van der Waals surface area contributed by atoms with Crippen LogP contribution in [0.2, 0.25) is 5.02 Å². The number of carbonyl (C=O) groups excluding carboxylic acids is 1. The van der Waals surface area contributed by atoms with Gasteiger partial charge < -0.3 is 10.6 Å². The van der Waals surface area contributed by atoms with Gasteiger partial charge in [-0.2, -0.15) is 0 Å². The lowest BCUT2D eigenvalue weighted by Crippen LogP contribution is -2.28. The zero-order chi connectivity index (χ0) is 12.7. The van der Waals surface area contributed by atoms with Crippen molar-refractivity contribution in [3.05, 3.63) is 28.8 Å². The number of unbranched alkanes of at least 4 members (excludes halogenated alkanes) is 1. The first-order valence-corrected chi connectivity index (χ1v) is 6.28. The highest BCUT2D eigenvalue weighted by molar-refractivity contribution is 6.31. The maximum Gasteiger partial charge on any atom is 0.238 e. The van der Waals surface area contributed by atoms with Crippen LogP contribution in [0.3, 0.4) is 0 Å². The second kappa shape index (κ2) is 9.20. The van der Waals surface area contributed by atoms with Crippen molar-refractivity contribution in [3.63, 3.8) is 0 Å². The number of aryl methyl sites for hydroxylation is 1. The van der Waals surface area contributed by atoms with E-state index in [1.165, 1.54) is 0 Å². The molecule has 0 saturated heterocycles. The van der Waals surface area contributed by atoms with Gasteiger partial charge in [-0.15, -0.1) is 12.4 Å². The lowest BCUT2D eigenvalue weighted by molar-refractivity contribution is -0.115. The summed E-state index contributed by atoms with van der Waals surface area (Å²) in [6.07, 6.45) is 2.21. The normalized spacial score (nSPS) is 9.72. The van der Waals surface area contributed by atoms with Gasteiger partial charge in [0.25, 0.3) is 0 Å². The van der Waals surface area contributed by atoms with Crippen molar-refractivity contribution in [2.75, 3.05) is 18.4 Å². The molecule has 0 fully saturated rings. The Bertz CT molecular complexity index is 383. The van der Waals surface area contributed by atoms with Crippen molar-refractivity contribution in [1.82, 2.24) is 5.32 Å². The van der Waals surface area contributed by atoms with Gasteiger partial charge in [-0.05, 0) is 37.6 Å². The molecular weight excluding hydrogens is 271 g/mol. The predicted octanol–water partition coefficient (Wildman–Crippen LogP) is 3.40. The fourth-order valence-electron chi connectivity index (χ4n) is 1.38. The van der Waals surface area contributed by atoms with Crippen LogP contribution in [0, 0.1) is 6.92 Å². The first-order valence-electron chi connectivity index (χ1n) is 5.90. The van der Waals surface area contributed by atoms with Gasteiger partial charge in [-0.1, -0.05) is 31.0 Å². The summed E-state index contributed by atoms with van der Waals surface area (Å²) in [5.74, 6) is -0.0407. The third kappa shape index (κ3) is 6.24. The van der Waals surface area contributed by atoms with E-state index < -0.39 is 0 Å². The van der Waals surface area contributed by atoms with Crippen molar-refractivity contribution in [1.29, 1.82) is 0 Å². The molecule has 1 rings (SSSR count). The highest BCUT2D eigenvalue weighted by Crippen LogP contribution is 2.19. The maximum atomic E-state index is 11.6. The zero-order valence-electron chi connectivity index (χ0n) is 10.8. The van der Waals surface area contributed by atoms with Crippen LogP contribution in [0.5, 0.6) is 0 Å². The number of amides is 1. The van der Waals surface area contributed by atoms with Gasteiger partial charge in [-0.3, -0.25) is 4.79 Å². The van der Waals surface area contributed by atoms with Crippen LogP contribution in [-0.2, 0) is 4.79 Å². The van der Waals surface area contributed by atoms with Crippen LogP contribution >= 0.6 is 24.0 Å². The smallest absolute Gasteiger partial charge is 0.238 e. The molecule has 102 valence electrons. The Morgan fingerprint density at radius 3 is 2.72 bits per heavy atom. The molecule has 0 saturated carbocycles. The average molecular weight is 291 g/mol. The highest BCUT2D eigenvalue weighted by Gasteiger charge is 2.03. The van der Waals surface area contributed by atoms with E-state index in [0.29, 0.717) is 11.6 Å². The summed E-state index contributed by atoms with van der Waals surface area (Å²) in [7, 11) is 0. The lowest BCUT2D eigenvalue weighted by atomic mass is 10.2. The number of halogens is 2. The first kappa shape index (κ1) is 17.2. The predicted molar refractivity (Wildman–Crippen MR) is 79.8 cm³/mol. The standard InChI is InChI=1S/C13H19ClN2O.ClH/c1-3-4-7-15-9-13(17)16-11-6-5-10(2)12(14)8-11;/h5-6,8,15H,3-4,7,9H2,1-2H3,(H,16,17);1H. The summed E-state index contributed by atoms with van der Waals surface area (Å²) in [4.78, 5) is 11.6. The Labute approximate surface area is 120 Å². The number of rotatable bonds is 6. The molecule has 1 aromatic carbocycles. The Morgan fingerprint density at radius 2 is 2.11 bits per heavy atom. The second-order valence-corrected chi connectivity index (χ2v) is 4.45. The fourth-order valence-corrected chi connectivity index (χ4v) is 1.56. The van der Waals surface area contributed by atoms with E-state index >= 15 is 0 Å². The number of hydrogen-bond donors (Lipinski definition) is 2. The first-order chi connectivity index (χ1) is 8.13. The topological polar surface area (TPSA) is 41.1 Å². The molecule has 3 nitrogen and oxygen atoms in total. The van der Waals surface area contributed by atoms with Crippen molar-refractivity contribution < 1.29 is 4.79 Å². The maximum absolute atomic E-state index is 11.6. The number of anilines is 1. The molecule has 0 bridgehead atoms. The molecule has 0 radical (unpaired) electrons. The van der Waals surface area contributed by atoms with Crippen LogP contribution < -0.4 is 10.6 Å². The molecule has 0 aliphatic rings. The summed E-state index contributed by atoms with van der Waals surface area (Å²) in [6.45, 7) is 5.26. The van der Waals surface area contributed by atoms with E-state index in [1.54, 1.807) is 6.07 Å². The second-order valence-electron chi connectivity index (χ2n) is 4.04. The summed E-state index contributed by atoms with van der Waals surface area (Å²) < 4.78 is 0. The van der Waals surface area contributed by atoms with Crippen molar-refractivity contribution in [2.24, 2.45) is 0 Å². The molecule has 0 spiro atoms. The molecule has 5 heteroatoms. The minimum Gasteiger partial charge on any atom is -0.325 e. The highest BCUT2D eigenvalue weighted by atomic mass is 35.5. The van der Waals surface area contributed by atoms with Gasteiger partial charge in [0, 0.05) is 10.7 Å². The third-order valence-electron chi connectivity index (χ3n) is 2.45. The molecule has 1 amide bonds. The molecule has 0 atom stereocenters. The quantitative estimate of drug-likeness (QED) is 0.789. The monoisotopic (exact) mass is 290 g/mol. The van der Waals surface area contributed by atoms with Crippen LogP contribution in [0.25, 0.3) is 0 Å². The molecule has 1 aromatic rings. The molecule has 0 heterocycles. The molecule has 2 N–H and O–H groups in total. The summed E-state index contributed by atoms with van der Waals surface area (Å²) >= 11 is 5.98. The SMILES string of the molecule is CCCCNCC(=O)Nc1ccc(C)c(Cl)c1.Cl. The average Bonchev–Trinajstić information content (AvgIpc) is 2.30. The Hall–Kier alpha value is -0.770. The molecule has 18 heavy (non-hydrogen) atoms. The number of hydrogen-bond acceptors (Lipinski definition) is 2. The van der Waals surface area contributed by atoms with Crippen LogP contribution in [0.15, 0.2) is 18.2 Å². The number of nitrogens with one attached hydrogen (secondary N) is 2. The van der Waals surface area contributed by atoms with Gasteiger partial charge >= 0.3 is 0 Å². The lowest BCUT2D eigenvalue weighted by Gasteiger charge is -2.07. The van der Waals surface area contributed by atoms with E-state index in [9.17, 15) is 4.79 Å². The van der Waals surface area contributed by atoms with Crippen LogP contribution in [0.1, 0.15) is 25.3 Å². The van der Waals surface area contributed by atoms with Gasteiger partial charge in [0.1, 0.15) is 0 Å². The van der Waals surface area contributed by atoms with E-state index in [1.807, 2.05) is 19.1 Å². The Kier molecular flexibility index (Phi) is 8.81. The molecule has 0 aromatic heterocycles. The third-order valence-corrected chi connectivity index (χ3v) is 2.86. The van der Waals surface area contributed by atoms with E-state index in [0.717, 1.165) is 30.6 Å². The van der Waals surface area contributed by atoms with Crippen molar-refractivity contribution in [2.45, 2.75) is 26.7 Å². The Morgan fingerprint density at radius 1 is 1.39 bits per heavy atom. The summed E-state index contributed by atoms with van der Waals surface area (Å²) in [5.41, 5.74) is 1.74. The van der Waals surface area contributed by atoms with E-state index in [4.69, 9.17) is 11.6 Å². The summed E-state index contributed by atoms with van der Waals surface area (Å²) in [5, 5.41) is 6.56. The van der Waals surface area contributed by atoms with Gasteiger partial charge in [0.15, 0.2) is 0 Å². The molecule has 0 unspecified atom stereocenters. The van der Waals surface area contributed by atoms with Crippen molar-refractivity contribution in [3.8, 4) is 0 Å². The minimum absolute atomic E-state index is 0. The largest absolute Gasteiger partial charge is 0.325 e. The zero-order valence-corrected chi connectivity index (χ0v) is 12.3. The fraction of sp³-hybridized carbons (Fsp3) is 0.462. The Balaban J connectivity index is 0.00000289. The summed E-state index contributed by atoms with van der Waals surface area (Å²) in [6, 6.07) is 5.51. The van der Waals surface area contributed by atoms with Gasteiger partial charge in [0.2, 0.25) is 5.91 Å². The van der Waals surface area contributed by atoms with Crippen LogP contribution in [0.4, 0.5) is 5.69 Å². The van der Waals surface area contributed by atoms with E-state index in [2.05, 4.69) is 17.6 Å². The molecule has 0 aliphatic heterocycles.